The van der Waals surface area contributed by atoms with Crippen LogP contribution in [0.5, 0.6) is 0 Å². The van der Waals surface area contributed by atoms with E-state index < -0.39 is 8.07 Å². The number of hydrogen-bond acceptors (Lipinski definition) is 0. The van der Waals surface area contributed by atoms with Crippen LogP contribution in [0.25, 0.3) is 43.8 Å². The summed E-state index contributed by atoms with van der Waals surface area (Å²) in [6, 6.07) is 47.6. The van der Waals surface area contributed by atoms with Gasteiger partial charge in [-0.25, -0.2) is 0 Å². The van der Waals surface area contributed by atoms with Gasteiger partial charge in [0.1, 0.15) is 0 Å². The van der Waals surface area contributed by atoms with Crippen LogP contribution in [0.2, 0.25) is 12.1 Å². The van der Waals surface area contributed by atoms with Gasteiger partial charge < -0.3 is 14.9 Å². The van der Waals surface area contributed by atoms with E-state index in [0.29, 0.717) is 0 Å². The molecule has 0 saturated heterocycles. The Balaban J connectivity index is 0.00000133. The van der Waals surface area contributed by atoms with E-state index in [-0.39, 0.29) is 40.7 Å². The molecular formula is C36H36HfSi. The smallest absolute Gasteiger partial charge is 0.358 e. The topological polar surface area (TPSA) is 0 Å². The van der Waals surface area contributed by atoms with Gasteiger partial charge in [0, 0.05) is 0 Å². The van der Waals surface area contributed by atoms with E-state index in [9.17, 15) is 0 Å². The van der Waals surface area contributed by atoms with Gasteiger partial charge in [0.25, 0.3) is 0 Å². The summed E-state index contributed by atoms with van der Waals surface area (Å²) in [6.07, 6.45) is 0. The van der Waals surface area contributed by atoms with Crippen molar-refractivity contribution in [3.05, 3.63) is 136 Å². The zero-order valence-corrected chi connectivity index (χ0v) is 27.6. The second kappa shape index (κ2) is 12.4. The van der Waals surface area contributed by atoms with Gasteiger partial charge in [-0.15, -0.1) is 68.3 Å². The number of benzene rings is 4. The average Bonchev–Trinajstić information content (AvgIpc) is 3.56. The van der Waals surface area contributed by atoms with Crippen LogP contribution < -0.4 is 10.4 Å². The van der Waals surface area contributed by atoms with Crippen molar-refractivity contribution in [2.75, 3.05) is 0 Å². The summed E-state index contributed by atoms with van der Waals surface area (Å²) in [7, 11) is -1.91. The monoisotopic (exact) mass is 676 g/mol. The molecule has 0 nitrogen and oxygen atoms in total. The van der Waals surface area contributed by atoms with Crippen molar-refractivity contribution >= 4 is 40.0 Å². The minimum Gasteiger partial charge on any atom is -0.358 e. The van der Waals surface area contributed by atoms with Crippen molar-refractivity contribution in [2.24, 2.45) is 0 Å². The molecular weight excluding hydrogens is 639 g/mol. The van der Waals surface area contributed by atoms with E-state index in [0.717, 1.165) is 0 Å². The molecule has 0 fully saturated rings. The van der Waals surface area contributed by atoms with E-state index in [4.69, 9.17) is 0 Å². The van der Waals surface area contributed by atoms with E-state index in [1.807, 2.05) is 0 Å². The summed E-state index contributed by atoms with van der Waals surface area (Å²) in [6.45, 7) is 4.81. The molecule has 0 bridgehead atoms. The Morgan fingerprint density at radius 1 is 0.526 bits per heavy atom. The average molecular weight is 675 g/mol. The molecule has 0 N–H and O–H groups in total. The van der Waals surface area contributed by atoms with E-state index >= 15 is 0 Å². The van der Waals surface area contributed by atoms with Crippen LogP contribution in [-0.4, -0.2) is 8.07 Å². The fourth-order valence-electron chi connectivity index (χ4n) is 5.99. The maximum absolute atomic E-state index is 2.52. The molecule has 0 saturated carbocycles. The summed E-state index contributed by atoms with van der Waals surface area (Å²) in [5.41, 5.74) is 5.26. The molecule has 0 aliphatic heterocycles. The molecule has 0 spiro atoms. The molecule has 2 heteroatoms. The Kier molecular flexibility index (Phi) is 9.68. The van der Waals surface area contributed by atoms with Crippen molar-refractivity contribution in [2.45, 2.75) is 25.9 Å². The zero-order chi connectivity index (χ0) is 23.8. The molecule has 0 aliphatic rings. The Labute approximate surface area is 248 Å². The minimum atomic E-state index is -1.91. The normalized spacial score (nSPS) is 11.0. The Hall–Kier alpha value is -2.81. The first-order valence-electron chi connectivity index (χ1n) is 12.7. The van der Waals surface area contributed by atoms with Crippen LogP contribution in [0.4, 0.5) is 0 Å². The van der Waals surface area contributed by atoms with Crippen LogP contribution in [-0.2, 0) is 25.8 Å². The maximum atomic E-state index is 2.52. The number of fused-ring (bicyclic) bond motifs is 2. The Morgan fingerprint density at radius 3 is 1.29 bits per heavy atom. The van der Waals surface area contributed by atoms with Gasteiger partial charge in [-0.3, -0.25) is 0 Å². The molecule has 0 unspecified atom stereocenters. The van der Waals surface area contributed by atoms with Gasteiger partial charge in [0.05, 0.1) is 8.07 Å². The molecule has 6 rings (SSSR count). The molecule has 0 heterocycles. The predicted octanol–water partition coefficient (Wildman–Crippen LogP) is 9.27. The third-order valence-electron chi connectivity index (χ3n) is 7.98. The number of rotatable bonds is 6. The third kappa shape index (κ3) is 4.97. The second-order valence-electron chi connectivity index (χ2n) is 9.63. The molecule has 6 aromatic carbocycles. The molecule has 0 aliphatic carbocycles. The fourth-order valence-corrected chi connectivity index (χ4v) is 10.2. The summed E-state index contributed by atoms with van der Waals surface area (Å²) >= 11 is 0. The van der Waals surface area contributed by atoms with Crippen LogP contribution in [0.3, 0.4) is 0 Å². The van der Waals surface area contributed by atoms with E-state index in [2.05, 4.69) is 135 Å². The van der Waals surface area contributed by atoms with Crippen molar-refractivity contribution in [3.63, 3.8) is 0 Å². The summed E-state index contributed by atoms with van der Waals surface area (Å²) in [5, 5.41) is 8.62. The van der Waals surface area contributed by atoms with Crippen molar-refractivity contribution < 1.29 is 25.8 Å². The quantitative estimate of drug-likeness (QED) is 0.122. The van der Waals surface area contributed by atoms with E-state index in [1.54, 1.807) is 10.4 Å². The summed E-state index contributed by atoms with van der Waals surface area (Å²) < 4.78 is 0. The summed E-state index contributed by atoms with van der Waals surface area (Å²) in [4.78, 5) is 0. The molecule has 0 radical (unpaired) electrons. The standard InChI is InChI=1S/C34H30Si.2CH3.Hf/c1-3-35(4-2,29-21-27-17-11-19-31(33(27)23-29)25-13-7-5-8-14-25)30-22-28-18-12-20-32(34(28)24-30)26-15-9-6-10-16-26;;;/h5-24H,3-4H2,1-2H3;2*1H3;/q-2;2*-1;+4. The Morgan fingerprint density at radius 2 is 0.921 bits per heavy atom. The maximum Gasteiger partial charge on any atom is 4.00 e. The van der Waals surface area contributed by atoms with Crippen molar-refractivity contribution in [1.82, 2.24) is 0 Å². The van der Waals surface area contributed by atoms with Crippen molar-refractivity contribution in [3.8, 4) is 22.3 Å². The molecule has 0 amide bonds. The van der Waals surface area contributed by atoms with Gasteiger partial charge >= 0.3 is 25.8 Å². The van der Waals surface area contributed by atoms with Crippen molar-refractivity contribution in [1.29, 1.82) is 0 Å². The largest absolute Gasteiger partial charge is 4.00 e. The predicted molar refractivity (Wildman–Crippen MR) is 169 cm³/mol. The fraction of sp³-hybridized carbons (Fsp3) is 0.111. The molecule has 188 valence electrons. The van der Waals surface area contributed by atoms with E-state index in [1.165, 1.54) is 55.9 Å². The number of hydrogen-bond donors (Lipinski definition) is 0. The second-order valence-corrected chi connectivity index (χ2v) is 14.4. The van der Waals surface area contributed by atoms with Crippen LogP contribution in [0.1, 0.15) is 13.8 Å². The molecule has 0 aromatic heterocycles. The molecule has 0 atom stereocenters. The summed E-state index contributed by atoms with van der Waals surface area (Å²) in [5.74, 6) is 0. The molecule has 6 aromatic rings. The zero-order valence-electron chi connectivity index (χ0n) is 23.0. The molecule has 38 heavy (non-hydrogen) atoms. The Bertz CT molecular complexity index is 1480. The van der Waals surface area contributed by atoms with Gasteiger partial charge in [0.2, 0.25) is 0 Å². The minimum absolute atomic E-state index is 0. The van der Waals surface area contributed by atoms with Gasteiger partial charge in [0.15, 0.2) is 0 Å². The van der Waals surface area contributed by atoms with Gasteiger partial charge in [-0.1, -0.05) is 110 Å². The van der Waals surface area contributed by atoms with Gasteiger partial charge in [-0.2, -0.15) is 12.1 Å². The first-order chi connectivity index (χ1) is 17.2. The first kappa shape index (κ1) is 29.7. The SMILES string of the molecule is CC[Si](CC)(c1cc2c(-c3ccccc3)cccc2[cH-]1)c1cc2c(-c3ccccc3)cccc2[cH-]1.[CH3-].[CH3-].[Hf+4]. The van der Waals surface area contributed by atoms with Gasteiger partial charge in [-0.05, 0) is 11.1 Å². The first-order valence-corrected chi connectivity index (χ1v) is 15.2. The van der Waals surface area contributed by atoms with Crippen LogP contribution in [0, 0.1) is 14.9 Å². The third-order valence-corrected chi connectivity index (χ3v) is 13.2. The van der Waals surface area contributed by atoms with Crippen LogP contribution in [0.15, 0.2) is 121 Å². The van der Waals surface area contributed by atoms with Crippen LogP contribution >= 0.6 is 0 Å².